The van der Waals surface area contributed by atoms with Crippen LogP contribution in [0.25, 0.3) is 0 Å². The quantitative estimate of drug-likeness (QED) is 0.812. The van der Waals surface area contributed by atoms with Crippen LogP contribution in [-0.2, 0) is 0 Å². The summed E-state index contributed by atoms with van der Waals surface area (Å²) >= 11 is 0. The van der Waals surface area contributed by atoms with Gasteiger partial charge in [0.25, 0.3) is 5.91 Å². The molecule has 0 saturated carbocycles. The number of amides is 1. The molecular weight excluding hydrogens is 338 g/mol. The van der Waals surface area contributed by atoms with Crippen LogP contribution in [-0.4, -0.2) is 18.6 Å². The third-order valence-electron chi connectivity index (χ3n) is 5.13. The van der Waals surface area contributed by atoms with E-state index < -0.39 is 0 Å². The maximum Gasteiger partial charge on any atom is 0.252 e. The van der Waals surface area contributed by atoms with Gasteiger partial charge in [-0.1, -0.05) is 32.0 Å². The predicted octanol–water partition coefficient (Wildman–Crippen LogP) is 5.16. The van der Waals surface area contributed by atoms with Crippen LogP contribution in [0.4, 0.5) is 0 Å². The Morgan fingerprint density at radius 2 is 1.96 bits per heavy atom. The molecule has 1 N–H and O–H groups in total. The van der Waals surface area contributed by atoms with Gasteiger partial charge in [0.2, 0.25) is 0 Å². The van der Waals surface area contributed by atoms with Crippen molar-refractivity contribution in [1.82, 2.24) is 5.32 Å². The molecule has 1 heterocycles. The van der Waals surface area contributed by atoms with Crippen molar-refractivity contribution in [2.45, 2.75) is 58.6 Å². The van der Waals surface area contributed by atoms with E-state index in [1.165, 1.54) is 0 Å². The van der Waals surface area contributed by atoms with E-state index in [9.17, 15) is 4.79 Å². The van der Waals surface area contributed by atoms with E-state index >= 15 is 0 Å². The van der Waals surface area contributed by atoms with Crippen molar-refractivity contribution >= 4 is 5.91 Å². The average molecular weight is 367 g/mol. The molecule has 3 rings (SSSR count). The van der Waals surface area contributed by atoms with Crippen LogP contribution in [0.5, 0.6) is 11.5 Å². The molecule has 0 spiro atoms. The fourth-order valence-electron chi connectivity index (χ4n) is 3.74. The third kappa shape index (κ3) is 3.95. The maximum atomic E-state index is 13.1. The molecule has 1 amide bonds. The minimum absolute atomic E-state index is 0.0606. The number of methoxy groups -OCH3 is 1. The largest absolute Gasteiger partial charge is 0.496 e. The lowest BCUT2D eigenvalue weighted by Gasteiger charge is -2.38. The van der Waals surface area contributed by atoms with Crippen molar-refractivity contribution < 1.29 is 14.3 Å². The molecule has 4 heteroatoms. The van der Waals surface area contributed by atoms with Gasteiger partial charge in [0, 0.05) is 17.5 Å². The second kappa shape index (κ2) is 7.26. The van der Waals surface area contributed by atoms with Gasteiger partial charge in [-0.25, -0.2) is 0 Å². The monoisotopic (exact) mass is 367 g/mol. The summed E-state index contributed by atoms with van der Waals surface area (Å²) in [7, 11) is 1.67. The first kappa shape index (κ1) is 19.3. The number of carbonyl (C=O) groups is 1. The van der Waals surface area contributed by atoms with E-state index in [0.29, 0.717) is 5.56 Å². The molecule has 1 aliphatic heterocycles. The van der Waals surface area contributed by atoms with Gasteiger partial charge in [0.1, 0.15) is 17.1 Å². The van der Waals surface area contributed by atoms with Gasteiger partial charge in [-0.05, 0) is 56.0 Å². The van der Waals surface area contributed by atoms with Crippen LogP contribution in [0.15, 0.2) is 36.4 Å². The molecule has 27 heavy (non-hydrogen) atoms. The highest BCUT2D eigenvalue weighted by molar-refractivity contribution is 5.96. The SMILES string of the molecule is COc1cc(C)c(C(=O)N[C@@H]2CC(C)(C)Oc3ccccc32)cc1C(C)C. The van der Waals surface area contributed by atoms with E-state index in [1.54, 1.807) is 7.11 Å². The predicted molar refractivity (Wildman–Crippen MR) is 108 cm³/mol. The summed E-state index contributed by atoms with van der Waals surface area (Å²) in [6, 6.07) is 11.8. The van der Waals surface area contributed by atoms with Crippen molar-refractivity contribution in [1.29, 1.82) is 0 Å². The number of fused-ring (bicyclic) bond motifs is 1. The average Bonchev–Trinajstić information content (AvgIpc) is 2.59. The van der Waals surface area contributed by atoms with Crippen LogP contribution < -0.4 is 14.8 Å². The van der Waals surface area contributed by atoms with Crippen LogP contribution in [0.2, 0.25) is 0 Å². The molecule has 0 aromatic heterocycles. The summed E-state index contributed by atoms with van der Waals surface area (Å²) in [5.41, 5.74) is 3.35. The van der Waals surface area contributed by atoms with Gasteiger partial charge in [0.15, 0.2) is 0 Å². The van der Waals surface area contributed by atoms with Crippen molar-refractivity contribution in [2.24, 2.45) is 0 Å². The molecule has 0 aliphatic carbocycles. The van der Waals surface area contributed by atoms with Gasteiger partial charge in [0.05, 0.1) is 13.2 Å². The van der Waals surface area contributed by atoms with Gasteiger partial charge >= 0.3 is 0 Å². The number of rotatable bonds is 4. The Morgan fingerprint density at radius 3 is 2.63 bits per heavy atom. The highest BCUT2D eigenvalue weighted by Crippen LogP contribution is 2.39. The van der Waals surface area contributed by atoms with E-state index in [1.807, 2.05) is 43.3 Å². The smallest absolute Gasteiger partial charge is 0.252 e. The summed E-state index contributed by atoms with van der Waals surface area (Å²) in [6.45, 7) is 10.3. The summed E-state index contributed by atoms with van der Waals surface area (Å²) in [4.78, 5) is 13.1. The molecule has 0 fully saturated rings. The highest BCUT2D eigenvalue weighted by Gasteiger charge is 2.34. The zero-order chi connectivity index (χ0) is 19.8. The topological polar surface area (TPSA) is 47.6 Å². The number of nitrogens with one attached hydrogen (secondary N) is 1. The third-order valence-corrected chi connectivity index (χ3v) is 5.13. The van der Waals surface area contributed by atoms with Crippen molar-refractivity contribution in [2.75, 3.05) is 7.11 Å². The van der Waals surface area contributed by atoms with E-state index in [4.69, 9.17) is 9.47 Å². The van der Waals surface area contributed by atoms with Gasteiger partial charge in [-0.2, -0.15) is 0 Å². The Bertz CT molecular complexity index is 855. The normalized spacial score (nSPS) is 17.8. The van der Waals surface area contributed by atoms with E-state index in [0.717, 1.165) is 34.6 Å². The number of aryl methyl sites for hydroxylation is 1. The Morgan fingerprint density at radius 1 is 1.26 bits per heavy atom. The standard InChI is InChI=1S/C23H29NO3/c1-14(2)17-12-18(15(3)11-21(17)26-6)22(25)24-19-13-23(4,5)27-20-10-8-7-9-16(19)20/h7-12,14,19H,13H2,1-6H3,(H,24,25)/t19-/m1/s1. The lowest BCUT2D eigenvalue weighted by Crippen LogP contribution is -2.41. The minimum atomic E-state index is -0.329. The van der Waals surface area contributed by atoms with Crippen molar-refractivity contribution in [3.8, 4) is 11.5 Å². The Labute approximate surface area is 161 Å². The molecule has 0 radical (unpaired) electrons. The molecule has 0 bridgehead atoms. The first-order valence-electron chi connectivity index (χ1n) is 9.49. The van der Waals surface area contributed by atoms with Crippen LogP contribution in [0.3, 0.4) is 0 Å². The first-order chi connectivity index (χ1) is 12.7. The van der Waals surface area contributed by atoms with E-state index in [-0.39, 0.29) is 23.5 Å². The first-order valence-corrected chi connectivity index (χ1v) is 9.49. The zero-order valence-electron chi connectivity index (χ0n) is 17.1. The summed E-state index contributed by atoms with van der Waals surface area (Å²) < 4.78 is 11.6. The summed E-state index contributed by atoms with van der Waals surface area (Å²) in [5.74, 6) is 1.88. The lowest BCUT2D eigenvalue weighted by molar-refractivity contribution is 0.0619. The molecular formula is C23H29NO3. The van der Waals surface area contributed by atoms with Crippen LogP contribution in [0.1, 0.15) is 73.1 Å². The molecule has 144 valence electrons. The maximum absolute atomic E-state index is 13.1. The van der Waals surface area contributed by atoms with Gasteiger partial charge < -0.3 is 14.8 Å². The van der Waals surface area contributed by atoms with Gasteiger partial charge in [-0.3, -0.25) is 4.79 Å². The Kier molecular flexibility index (Phi) is 5.18. The number of hydrogen-bond acceptors (Lipinski definition) is 3. The number of benzene rings is 2. The second-order valence-electron chi connectivity index (χ2n) is 8.19. The fourth-order valence-corrected chi connectivity index (χ4v) is 3.74. The Hall–Kier alpha value is -2.49. The highest BCUT2D eigenvalue weighted by atomic mass is 16.5. The molecule has 1 atom stereocenters. The molecule has 1 aliphatic rings. The number of para-hydroxylation sites is 1. The number of hydrogen-bond donors (Lipinski definition) is 1. The molecule has 0 unspecified atom stereocenters. The minimum Gasteiger partial charge on any atom is -0.496 e. The van der Waals surface area contributed by atoms with Gasteiger partial charge in [-0.15, -0.1) is 0 Å². The zero-order valence-corrected chi connectivity index (χ0v) is 17.1. The van der Waals surface area contributed by atoms with Crippen LogP contribution in [0, 0.1) is 6.92 Å². The van der Waals surface area contributed by atoms with Crippen molar-refractivity contribution in [3.63, 3.8) is 0 Å². The summed E-state index contributed by atoms with van der Waals surface area (Å²) in [6.07, 6.45) is 0.724. The second-order valence-corrected chi connectivity index (χ2v) is 8.19. The molecule has 0 saturated heterocycles. The summed E-state index contributed by atoms with van der Waals surface area (Å²) in [5, 5.41) is 3.23. The van der Waals surface area contributed by atoms with Crippen molar-refractivity contribution in [3.05, 3.63) is 58.7 Å². The number of carbonyl (C=O) groups excluding carboxylic acids is 1. The Balaban J connectivity index is 1.93. The molecule has 4 nitrogen and oxygen atoms in total. The molecule has 2 aromatic rings. The lowest BCUT2D eigenvalue weighted by atomic mass is 9.89. The van der Waals surface area contributed by atoms with E-state index in [2.05, 4.69) is 33.0 Å². The molecule has 2 aromatic carbocycles. The van der Waals surface area contributed by atoms with Crippen LogP contribution >= 0.6 is 0 Å². The number of ether oxygens (including phenoxy) is 2. The fraction of sp³-hybridized carbons (Fsp3) is 0.435.